The van der Waals surface area contributed by atoms with E-state index in [2.05, 4.69) is 5.32 Å². The van der Waals surface area contributed by atoms with Crippen LogP contribution in [0.25, 0.3) is 10.8 Å². The highest BCUT2D eigenvalue weighted by atomic mass is 32.2. The molecule has 0 radical (unpaired) electrons. The Morgan fingerprint density at radius 3 is 2.24 bits per heavy atom. The largest absolute Gasteiger partial charge is 0.454 e. The maximum atomic E-state index is 13.1. The van der Waals surface area contributed by atoms with Crippen molar-refractivity contribution in [2.75, 3.05) is 32.8 Å². The minimum Gasteiger partial charge on any atom is -0.454 e. The van der Waals surface area contributed by atoms with Crippen molar-refractivity contribution in [1.29, 1.82) is 0 Å². The van der Waals surface area contributed by atoms with E-state index < -0.39 is 40.0 Å². The van der Waals surface area contributed by atoms with Crippen molar-refractivity contribution in [3.05, 3.63) is 42.5 Å². The molecule has 3 rings (SSSR count). The fourth-order valence-electron chi connectivity index (χ4n) is 3.48. The molecule has 1 N–H and O–H groups in total. The molecule has 0 bridgehead atoms. The molecule has 1 saturated heterocycles. The number of sulfonamides is 1. The molecule has 1 atom stereocenters. The Hall–Kier alpha value is -2.98. The number of esters is 1. The number of benzene rings is 2. The van der Waals surface area contributed by atoms with E-state index in [0.29, 0.717) is 0 Å². The van der Waals surface area contributed by atoms with Crippen LogP contribution >= 0.6 is 0 Å². The van der Waals surface area contributed by atoms with Crippen LogP contribution in [0.4, 0.5) is 0 Å². The lowest BCUT2D eigenvalue weighted by Crippen LogP contribution is -2.51. The molecule has 10 heteroatoms. The van der Waals surface area contributed by atoms with Gasteiger partial charge in [0.25, 0.3) is 5.91 Å². The van der Waals surface area contributed by atoms with Crippen LogP contribution in [0.15, 0.2) is 47.4 Å². The standard InChI is InChI=1S/C24H31N3O6S/c1-17(25-23(30)24(2,3)4)22(29)33-16-21(28)26-11-13-27(14-12-26)34(31,32)20-10-9-18-7-5-6-8-19(18)15-20/h5-10,15,17H,11-14,16H2,1-4H3,(H,25,30). The van der Waals surface area contributed by atoms with Gasteiger partial charge in [-0.2, -0.15) is 4.31 Å². The Morgan fingerprint density at radius 2 is 1.62 bits per heavy atom. The summed E-state index contributed by atoms with van der Waals surface area (Å²) in [5.74, 6) is -1.42. The topological polar surface area (TPSA) is 113 Å². The van der Waals surface area contributed by atoms with Gasteiger partial charge in [-0.1, -0.05) is 51.1 Å². The number of hydrogen-bond donors (Lipinski definition) is 1. The van der Waals surface area contributed by atoms with Crippen LogP contribution in [0.5, 0.6) is 0 Å². The van der Waals surface area contributed by atoms with Crippen LogP contribution in [-0.4, -0.2) is 74.2 Å². The fourth-order valence-corrected chi connectivity index (χ4v) is 4.93. The van der Waals surface area contributed by atoms with E-state index in [1.807, 2.05) is 24.3 Å². The summed E-state index contributed by atoms with van der Waals surface area (Å²) in [4.78, 5) is 38.3. The maximum Gasteiger partial charge on any atom is 0.328 e. The first kappa shape index (κ1) is 25.6. The third-order valence-corrected chi connectivity index (χ3v) is 7.56. The van der Waals surface area contributed by atoms with Gasteiger partial charge < -0.3 is 15.0 Å². The van der Waals surface area contributed by atoms with Gasteiger partial charge in [0, 0.05) is 31.6 Å². The Labute approximate surface area is 200 Å². The normalized spacial score (nSPS) is 16.2. The van der Waals surface area contributed by atoms with Crippen LogP contribution < -0.4 is 5.32 Å². The summed E-state index contributed by atoms with van der Waals surface area (Å²) in [5, 5.41) is 4.36. The van der Waals surface area contributed by atoms with Gasteiger partial charge in [-0.15, -0.1) is 0 Å². The van der Waals surface area contributed by atoms with Crippen molar-refractivity contribution in [2.24, 2.45) is 5.41 Å². The van der Waals surface area contributed by atoms with Crippen LogP contribution in [0.3, 0.4) is 0 Å². The Kier molecular flexibility index (Phi) is 7.62. The summed E-state index contributed by atoms with van der Waals surface area (Å²) in [6.07, 6.45) is 0. The molecule has 34 heavy (non-hydrogen) atoms. The van der Waals surface area contributed by atoms with Crippen molar-refractivity contribution in [1.82, 2.24) is 14.5 Å². The first-order chi connectivity index (χ1) is 15.9. The number of piperazine rings is 1. The third kappa shape index (κ3) is 5.92. The second-order valence-corrected chi connectivity index (χ2v) is 11.3. The smallest absolute Gasteiger partial charge is 0.328 e. The van der Waals surface area contributed by atoms with E-state index in [-0.39, 0.29) is 37.0 Å². The molecular weight excluding hydrogens is 458 g/mol. The van der Waals surface area contributed by atoms with Crippen LogP contribution in [0.1, 0.15) is 27.7 Å². The quantitative estimate of drug-likeness (QED) is 0.619. The summed E-state index contributed by atoms with van der Waals surface area (Å²) >= 11 is 0. The fraction of sp³-hybridized carbons (Fsp3) is 0.458. The highest BCUT2D eigenvalue weighted by Crippen LogP contribution is 2.23. The van der Waals surface area contributed by atoms with Crippen molar-refractivity contribution >= 4 is 38.6 Å². The van der Waals surface area contributed by atoms with Crippen molar-refractivity contribution < 1.29 is 27.5 Å². The summed E-state index contributed by atoms with van der Waals surface area (Å²) in [5.41, 5.74) is -0.656. The molecule has 1 heterocycles. The molecule has 0 spiro atoms. The van der Waals surface area contributed by atoms with E-state index in [1.165, 1.54) is 16.1 Å². The molecule has 2 aromatic carbocycles. The van der Waals surface area contributed by atoms with E-state index >= 15 is 0 Å². The van der Waals surface area contributed by atoms with Crippen molar-refractivity contribution in [3.8, 4) is 0 Å². The zero-order valence-electron chi connectivity index (χ0n) is 19.9. The lowest BCUT2D eigenvalue weighted by atomic mass is 9.95. The van der Waals surface area contributed by atoms with Gasteiger partial charge in [-0.3, -0.25) is 9.59 Å². The molecule has 1 unspecified atom stereocenters. The molecule has 2 amide bonds. The molecular formula is C24H31N3O6S. The minimum atomic E-state index is -3.69. The monoisotopic (exact) mass is 489 g/mol. The molecule has 184 valence electrons. The number of rotatable bonds is 6. The first-order valence-electron chi connectivity index (χ1n) is 11.1. The number of amides is 2. The number of nitrogens with zero attached hydrogens (tertiary/aromatic N) is 2. The molecule has 0 saturated carbocycles. The Morgan fingerprint density at radius 1 is 1.00 bits per heavy atom. The number of fused-ring (bicyclic) bond motifs is 1. The molecule has 9 nitrogen and oxygen atoms in total. The lowest BCUT2D eigenvalue weighted by Gasteiger charge is -2.34. The van der Waals surface area contributed by atoms with Crippen molar-refractivity contribution in [3.63, 3.8) is 0 Å². The lowest BCUT2D eigenvalue weighted by molar-refractivity contribution is -0.155. The van der Waals surface area contributed by atoms with Gasteiger partial charge in [0.1, 0.15) is 6.04 Å². The molecule has 1 fully saturated rings. The molecule has 0 aromatic heterocycles. The van der Waals surface area contributed by atoms with E-state index in [9.17, 15) is 22.8 Å². The minimum absolute atomic E-state index is 0.146. The summed E-state index contributed by atoms with van der Waals surface area (Å²) in [6, 6.07) is 11.7. The van der Waals surface area contributed by atoms with Crippen LogP contribution in [0.2, 0.25) is 0 Å². The predicted molar refractivity (Wildman–Crippen MR) is 127 cm³/mol. The van der Waals surface area contributed by atoms with Gasteiger partial charge in [0.15, 0.2) is 6.61 Å². The second-order valence-electron chi connectivity index (χ2n) is 9.35. The van der Waals surface area contributed by atoms with Crippen LogP contribution in [-0.2, 0) is 29.1 Å². The number of carbonyl (C=O) groups excluding carboxylic acids is 3. The van der Waals surface area contributed by atoms with E-state index in [1.54, 1.807) is 39.0 Å². The number of carbonyl (C=O) groups is 3. The summed E-state index contributed by atoms with van der Waals surface area (Å²) in [7, 11) is -3.69. The highest BCUT2D eigenvalue weighted by molar-refractivity contribution is 7.89. The SMILES string of the molecule is CC(NC(=O)C(C)(C)C)C(=O)OCC(=O)N1CCN(S(=O)(=O)c2ccc3ccccc3c2)CC1. The maximum absolute atomic E-state index is 13.1. The molecule has 0 aliphatic carbocycles. The number of nitrogens with one attached hydrogen (secondary N) is 1. The van der Waals surface area contributed by atoms with Gasteiger partial charge in [-0.05, 0) is 29.8 Å². The average molecular weight is 490 g/mol. The highest BCUT2D eigenvalue weighted by Gasteiger charge is 2.31. The molecule has 1 aliphatic heterocycles. The number of hydrogen-bond acceptors (Lipinski definition) is 6. The summed E-state index contributed by atoms with van der Waals surface area (Å²) in [6.45, 7) is 6.88. The average Bonchev–Trinajstić information content (AvgIpc) is 2.81. The van der Waals surface area contributed by atoms with E-state index in [0.717, 1.165) is 10.8 Å². The van der Waals surface area contributed by atoms with Crippen molar-refractivity contribution in [2.45, 2.75) is 38.6 Å². The Balaban J connectivity index is 1.52. The van der Waals surface area contributed by atoms with Gasteiger partial charge in [0.2, 0.25) is 15.9 Å². The zero-order chi connectivity index (χ0) is 25.1. The van der Waals surface area contributed by atoms with Gasteiger partial charge >= 0.3 is 5.97 Å². The number of ether oxygens (including phenoxy) is 1. The van der Waals surface area contributed by atoms with E-state index in [4.69, 9.17) is 4.74 Å². The second kappa shape index (κ2) is 10.1. The summed E-state index contributed by atoms with van der Waals surface area (Å²) < 4.78 is 32.6. The Bertz CT molecular complexity index is 1180. The molecule has 2 aromatic rings. The third-order valence-electron chi connectivity index (χ3n) is 5.67. The first-order valence-corrected chi connectivity index (χ1v) is 12.6. The van der Waals surface area contributed by atoms with Gasteiger partial charge in [0.05, 0.1) is 4.90 Å². The molecule has 1 aliphatic rings. The predicted octanol–water partition coefficient (Wildman–Crippen LogP) is 1.77. The van der Waals surface area contributed by atoms with Gasteiger partial charge in [-0.25, -0.2) is 13.2 Å². The van der Waals surface area contributed by atoms with Crippen LogP contribution in [0, 0.1) is 5.41 Å². The zero-order valence-corrected chi connectivity index (χ0v) is 20.7.